The maximum absolute atomic E-state index is 10.6. The first kappa shape index (κ1) is 8.64. The monoisotopic (exact) mass is 192 g/mol. The largest absolute Gasteiger partial charge is 0.480 e. The van der Waals surface area contributed by atoms with Crippen molar-refractivity contribution in [3.8, 4) is 0 Å². The number of hydrogen-bond donors (Lipinski definition) is 3. The summed E-state index contributed by atoms with van der Waals surface area (Å²) in [5.74, 6) is -1.08. The fraction of sp³-hybridized carbons (Fsp3) is 0.125. The number of imidazole rings is 1. The Kier molecular flexibility index (Phi) is 1.90. The Labute approximate surface area is 78.8 Å². The lowest BCUT2D eigenvalue weighted by molar-refractivity contribution is -0.138. The molecule has 0 fully saturated rings. The maximum Gasteiger partial charge on any atom is 0.325 e. The quantitative estimate of drug-likeness (QED) is 0.623. The number of aromatic nitrogens is 3. The maximum atomic E-state index is 10.6. The van der Waals surface area contributed by atoms with Gasteiger partial charge < -0.3 is 15.8 Å². The van der Waals surface area contributed by atoms with Crippen LogP contribution >= 0.6 is 0 Å². The van der Waals surface area contributed by atoms with Crippen molar-refractivity contribution in [1.29, 1.82) is 0 Å². The van der Waals surface area contributed by atoms with Crippen molar-refractivity contribution in [3.05, 3.63) is 24.2 Å². The first-order valence-corrected chi connectivity index (χ1v) is 3.96. The molecule has 2 aromatic rings. The average Bonchev–Trinajstić information content (AvgIpc) is 2.62. The SMILES string of the molecule is NC(C(=O)O)c1cnc2nc[nH]c2c1. The molecule has 14 heavy (non-hydrogen) atoms. The fourth-order valence-electron chi connectivity index (χ4n) is 1.16. The van der Waals surface area contributed by atoms with Gasteiger partial charge in [0.25, 0.3) is 0 Å². The highest BCUT2D eigenvalue weighted by atomic mass is 16.4. The normalized spacial score (nSPS) is 12.9. The van der Waals surface area contributed by atoms with Crippen LogP contribution in [0, 0.1) is 0 Å². The fourth-order valence-corrected chi connectivity index (χ4v) is 1.16. The Balaban J connectivity index is 2.48. The third kappa shape index (κ3) is 1.31. The summed E-state index contributed by atoms with van der Waals surface area (Å²) >= 11 is 0. The van der Waals surface area contributed by atoms with Crippen molar-refractivity contribution in [1.82, 2.24) is 15.0 Å². The number of fused-ring (bicyclic) bond motifs is 1. The second-order valence-corrected chi connectivity index (χ2v) is 2.86. The van der Waals surface area contributed by atoms with Gasteiger partial charge in [0.2, 0.25) is 0 Å². The minimum absolute atomic E-state index is 0.453. The Bertz CT molecular complexity index is 479. The zero-order valence-corrected chi connectivity index (χ0v) is 7.14. The molecule has 0 bridgehead atoms. The van der Waals surface area contributed by atoms with Gasteiger partial charge in [0.05, 0.1) is 11.8 Å². The summed E-state index contributed by atoms with van der Waals surface area (Å²) in [5.41, 5.74) is 7.10. The molecule has 2 rings (SSSR count). The Hall–Kier alpha value is -1.95. The highest BCUT2D eigenvalue weighted by Crippen LogP contribution is 2.13. The summed E-state index contributed by atoms with van der Waals surface area (Å²) in [6, 6.07) is 0.587. The molecule has 0 aromatic carbocycles. The van der Waals surface area contributed by atoms with E-state index in [0.717, 1.165) is 0 Å². The van der Waals surface area contributed by atoms with Gasteiger partial charge in [-0.3, -0.25) is 4.79 Å². The zero-order valence-electron chi connectivity index (χ0n) is 7.14. The minimum atomic E-state index is -1.08. The molecule has 2 heterocycles. The number of aromatic amines is 1. The average molecular weight is 192 g/mol. The lowest BCUT2D eigenvalue weighted by atomic mass is 10.1. The molecule has 0 saturated carbocycles. The second-order valence-electron chi connectivity index (χ2n) is 2.86. The summed E-state index contributed by atoms with van der Waals surface area (Å²) in [6.07, 6.45) is 2.91. The summed E-state index contributed by atoms with van der Waals surface area (Å²) in [4.78, 5) is 21.3. The van der Waals surface area contributed by atoms with E-state index >= 15 is 0 Å². The summed E-state index contributed by atoms with van der Waals surface area (Å²) in [6.45, 7) is 0. The number of nitrogens with two attached hydrogens (primary N) is 1. The van der Waals surface area contributed by atoms with E-state index in [-0.39, 0.29) is 0 Å². The standard InChI is InChI=1S/C8H8N4O2/c9-6(8(13)14)4-1-5-7(10-2-4)12-3-11-5/h1-3,6H,9H2,(H,13,14)(H,10,11,12). The van der Waals surface area contributed by atoms with E-state index in [1.54, 1.807) is 6.07 Å². The number of H-pyrrole nitrogens is 1. The molecule has 0 aliphatic heterocycles. The number of aliphatic carboxylic acids is 1. The van der Waals surface area contributed by atoms with Crippen LogP contribution in [0.1, 0.15) is 11.6 Å². The number of carboxylic acids is 1. The molecule has 72 valence electrons. The van der Waals surface area contributed by atoms with Crippen LogP contribution in [-0.2, 0) is 4.79 Å². The van der Waals surface area contributed by atoms with Crippen LogP contribution in [0.5, 0.6) is 0 Å². The predicted molar refractivity (Wildman–Crippen MR) is 48.5 cm³/mol. The van der Waals surface area contributed by atoms with E-state index in [2.05, 4.69) is 15.0 Å². The van der Waals surface area contributed by atoms with Gasteiger partial charge in [-0.05, 0) is 6.07 Å². The molecule has 0 aliphatic carbocycles. The van der Waals surface area contributed by atoms with Crippen molar-refractivity contribution >= 4 is 17.1 Å². The number of nitrogens with zero attached hydrogens (tertiary/aromatic N) is 2. The molecule has 1 atom stereocenters. The highest BCUT2D eigenvalue weighted by molar-refractivity contribution is 5.78. The van der Waals surface area contributed by atoms with Crippen LogP contribution in [-0.4, -0.2) is 26.0 Å². The van der Waals surface area contributed by atoms with E-state index in [1.165, 1.54) is 12.5 Å². The third-order valence-electron chi connectivity index (χ3n) is 1.92. The van der Waals surface area contributed by atoms with E-state index in [1.807, 2.05) is 0 Å². The predicted octanol–water partition coefficient (Wildman–Crippen LogP) is 0.0423. The van der Waals surface area contributed by atoms with Gasteiger partial charge in [0, 0.05) is 11.8 Å². The van der Waals surface area contributed by atoms with E-state index in [4.69, 9.17) is 10.8 Å². The van der Waals surface area contributed by atoms with Crippen LogP contribution in [0.15, 0.2) is 18.6 Å². The molecular weight excluding hydrogens is 184 g/mol. The Morgan fingerprint density at radius 2 is 2.36 bits per heavy atom. The third-order valence-corrected chi connectivity index (χ3v) is 1.92. The van der Waals surface area contributed by atoms with Gasteiger partial charge in [-0.15, -0.1) is 0 Å². The second kappa shape index (κ2) is 3.08. The lowest BCUT2D eigenvalue weighted by Crippen LogP contribution is -2.20. The van der Waals surface area contributed by atoms with Gasteiger partial charge in [0.15, 0.2) is 5.65 Å². The van der Waals surface area contributed by atoms with Gasteiger partial charge in [-0.1, -0.05) is 0 Å². The number of pyridine rings is 1. The minimum Gasteiger partial charge on any atom is -0.480 e. The van der Waals surface area contributed by atoms with E-state index in [0.29, 0.717) is 16.7 Å². The lowest BCUT2D eigenvalue weighted by Gasteiger charge is -2.04. The molecule has 6 heteroatoms. The van der Waals surface area contributed by atoms with Crippen LogP contribution in [0.3, 0.4) is 0 Å². The molecule has 0 saturated heterocycles. The van der Waals surface area contributed by atoms with Crippen LogP contribution < -0.4 is 5.73 Å². The number of hydrogen-bond acceptors (Lipinski definition) is 4. The molecule has 0 spiro atoms. The van der Waals surface area contributed by atoms with Crippen LogP contribution in [0.2, 0.25) is 0 Å². The molecule has 0 amide bonds. The van der Waals surface area contributed by atoms with Crippen molar-refractivity contribution in [2.45, 2.75) is 6.04 Å². The number of nitrogens with one attached hydrogen (secondary N) is 1. The molecule has 1 unspecified atom stereocenters. The van der Waals surface area contributed by atoms with Gasteiger partial charge >= 0.3 is 5.97 Å². The van der Waals surface area contributed by atoms with Crippen molar-refractivity contribution in [2.75, 3.05) is 0 Å². The molecule has 2 aromatic heterocycles. The zero-order chi connectivity index (χ0) is 10.1. The van der Waals surface area contributed by atoms with Crippen LogP contribution in [0.4, 0.5) is 0 Å². The highest BCUT2D eigenvalue weighted by Gasteiger charge is 2.15. The van der Waals surface area contributed by atoms with Gasteiger partial charge in [0.1, 0.15) is 6.04 Å². The number of rotatable bonds is 2. The first-order valence-electron chi connectivity index (χ1n) is 3.96. The molecule has 0 aliphatic rings. The first-order chi connectivity index (χ1) is 6.68. The molecule has 4 N–H and O–H groups in total. The topological polar surface area (TPSA) is 105 Å². The van der Waals surface area contributed by atoms with Gasteiger partial charge in [-0.2, -0.15) is 0 Å². The van der Waals surface area contributed by atoms with Crippen molar-refractivity contribution < 1.29 is 9.90 Å². The summed E-state index contributed by atoms with van der Waals surface area (Å²) < 4.78 is 0. The van der Waals surface area contributed by atoms with E-state index in [9.17, 15) is 4.79 Å². The summed E-state index contributed by atoms with van der Waals surface area (Å²) in [7, 11) is 0. The smallest absolute Gasteiger partial charge is 0.325 e. The molecule has 6 nitrogen and oxygen atoms in total. The number of carbonyl (C=O) groups is 1. The Morgan fingerprint density at radius 3 is 3.07 bits per heavy atom. The molecular formula is C8H8N4O2. The van der Waals surface area contributed by atoms with Gasteiger partial charge in [-0.25, -0.2) is 9.97 Å². The van der Waals surface area contributed by atoms with Crippen molar-refractivity contribution in [2.24, 2.45) is 5.73 Å². The van der Waals surface area contributed by atoms with Crippen molar-refractivity contribution in [3.63, 3.8) is 0 Å². The molecule has 0 radical (unpaired) electrons. The number of carboxylic acid groups (broad SMARTS) is 1. The van der Waals surface area contributed by atoms with Crippen LogP contribution in [0.25, 0.3) is 11.2 Å². The summed E-state index contributed by atoms with van der Waals surface area (Å²) in [5, 5.41) is 8.68. The Morgan fingerprint density at radius 1 is 1.57 bits per heavy atom. The van der Waals surface area contributed by atoms with E-state index < -0.39 is 12.0 Å².